The van der Waals surface area contributed by atoms with Gasteiger partial charge in [-0.1, -0.05) is 0 Å². The van der Waals surface area contributed by atoms with Crippen LogP contribution in [-0.4, -0.2) is 36.3 Å². The van der Waals surface area contributed by atoms with Gasteiger partial charge in [0.15, 0.2) is 0 Å². The minimum Gasteiger partial charge on any atom is -0.384 e. The van der Waals surface area contributed by atoms with Crippen molar-refractivity contribution in [3.63, 3.8) is 0 Å². The number of hydrogen-bond donors (Lipinski definition) is 1. The second kappa shape index (κ2) is 7.25. The van der Waals surface area contributed by atoms with Crippen LogP contribution in [0.15, 0.2) is 0 Å². The molecule has 0 spiro atoms. The van der Waals surface area contributed by atoms with Crippen molar-refractivity contribution in [2.45, 2.75) is 56.4 Å². The van der Waals surface area contributed by atoms with Gasteiger partial charge in [0, 0.05) is 24.2 Å². The Morgan fingerprint density at radius 1 is 1.59 bits per heavy atom. The van der Waals surface area contributed by atoms with E-state index in [2.05, 4.69) is 25.2 Å². The quantitative estimate of drug-likeness (QED) is 0.742. The lowest BCUT2D eigenvalue weighted by Crippen LogP contribution is -2.51. The summed E-state index contributed by atoms with van der Waals surface area (Å²) < 4.78 is 5.07. The van der Waals surface area contributed by atoms with Gasteiger partial charge in [0.1, 0.15) is 5.54 Å². The van der Waals surface area contributed by atoms with Gasteiger partial charge in [-0.15, -0.1) is 0 Å². The highest BCUT2D eigenvalue weighted by molar-refractivity contribution is 7.99. The zero-order valence-electron chi connectivity index (χ0n) is 11.2. The van der Waals surface area contributed by atoms with Crippen LogP contribution in [0.5, 0.6) is 0 Å². The van der Waals surface area contributed by atoms with Crippen molar-refractivity contribution in [2.24, 2.45) is 0 Å². The number of hydrogen-bond acceptors (Lipinski definition) is 4. The Labute approximate surface area is 109 Å². The van der Waals surface area contributed by atoms with Crippen molar-refractivity contribution >= 4 is 11.8 Å². The molecule has 1 fully saturated rings. The van der Waals surface area contributed by atoms with Crippen molar-refractivity contribution in [3.05, 3.63) is 0 Å². The number of methoxy groups -OCH3 is 1. The summed E-state index contributed by atoms with van der Waals surface area (Å²) in [4.78, 5) is 0. The highest BCUT2D eigenvalue weighted by atomic mass is 32.2. The number of nitrogens with zero attached hydrogens (tertiary/aromatic N) is 1. The fourth-order valence-electron chi connectivity index (χ4n) is 2.48. The molecule has 0 amide bonds. The monoisotopic (exact) mass is 256 g/mol. The Bertz CT molecular complexity index is 265. The van der Waals surface area contributed by atoms with E-state index in [1.54, 1.807) is 7.11 Å². The van der Waals surface area contributed by atoms with Gasteiger partial charge in [-0.2, -0.15) is 17.0 Å². The fraction of sp³-hybridized carbons (Fsp3) is 0.923. The largest absolute Gasteiger partial charge is 0.384 e. The molecule has 0 radical (unpaired) electrons. The summed E-state index contributed by atoms with van der Waals surface area (Å²) in [5.74, 6) is 1.03. The number of ether oxygens (including phenoxy) is 1. The van der Waals surface area contributed by atoms with Gasteiger partial charge in [-0.25, -0.2) is 0 Å². The number of nitrogens with one attached hydrogen (secondary N) is 1. The first-order chi connectivity index (χ1) is 8.12. The van der Waals surface area contributed by atoms with Gasteiger partial charge in [0.2, 0.25) is 0 Å². The highest BCUT2D eigenvalue weighted by Gasteiger charge is 2.36. The molecular weight excluding hydrogens is 232 g/mol. The molecule has 1 aliphatic carbocycles. The molecule has 0 bridgehead atoms. The molecule has 3 nitrogen and oxygen atoms in total. The highest BCUT2D eigenvalue weighted by Crippen LogP contribution is 2.35. The lowest BCUT2D eigenvalue weighted by Gasteiger charge is -2.37. The molecule has 0 aromatic carbocycles. The topological polar surface area (TPSA) is 45.0 Å². The van der Waals surface area contributed by atoms with E-state index in [9.17, 15) is 5.26 Å². The molecular formula is C13H24N2OS. The van der Waals surface area contributed by atoms with Crippen LogP contribution in [0.2, 0.25) is 0 Å². The van der Waals surface area contributed by atoms with Gasteiger partial charge < -0.3 is 4.74 Å². The molecule has 98 valence electrons. The van der Waals surface area contributed by atoms with Crippen LogP contribution in [0.25, 0.3) is 0 Å². The van der Waals surface area contributed by atoms with Crippen LogP contribution in [0, 0.1) is 11.3 Å². The van der Waals surface area contributed by atoms with Gasteiger partial charge in [0.05, 0.1) is 12.7 Å². The normalized spacial score (nSPS) is 29.2. The molecule has 2 atom stereocenters. The molecule has 0 heterocycles. The van der Waals surface area contributed by atoms with E-state index in [0.717, 1.165) is 31.6 Å². The summed E-state index contributed by atoms with van der Waals surface area (Å²) in [5, 5.41) is 13.5. The van der Waals surface area contributed by atoms with Crippen LogP contribution in [0.1, 0.15) is 39.5 Å². The Kier molecular flexibility index (Phi) is 6.32. The molecule has 0 aliphatic heterocycles. The standard InChI is InChI=1S/C13H24N2OS/c1-11(2)15-13(10-14)6-4-5-12(9-13)17-8-7-16-3/h11-12,15H,4-9H2,1-3H3. The Balaban J connectivity index is 2.48. The summed E-state index contributed by atoms with van der Waals surface area (Å²) in [5.41, 5.74) is -0.294. The molecule has 0 saturated heterocycles. The van der Waals surface area contributed by atoms with Crippen LogP contribution in [0.4, 0.5) is 0 Å². The average Bonchev–Trinajstić information content (AvgIpc) is 2.29. The number of nitriles is 1. The van der Waals surface area contributed by atoms with Crippen molar-refractivity contribution in [3.8, 4) is 6.07 Å². The third-order valence-electron chi connectivity index (χ3n) is 3.13. The van der Waals surface area contributed by atoms with Gasteiger partial charge in [0.25, 0.3) is 0 Å². The predicted octanol–water partition coefficient (Wildman–Crippen LogP) is 2.57. The molecule has 1 aliphatic rings. The predicted molar refractivity (Wildman–Crippen MR) is 73.2 cm³/mol. The van der Waals surface area contributed by atoms with Crippen LogP contribution >= 0.6 is 11.8 Å². The van der Waals surface area contributed by atoms with E-state index in [-0.39, 0.29) is 5.54 Å². The van der Waals surface area contributed by atoms with E-state index in [1.165, 1.54) is 6.42 Å². The number of rotatable bonds is 6. The Morgan fingerprint density at radius 3 is 2.94 bits per heavy atom. The van der Waals surface area contributed by atoms with Gasteiger partial charge >= 0.3 is 0 Å². The maximum absolute atomic E-state index is 9.43. The van der Waals surface area contributed by atoms with E-state index < -0.39 is 0 Å². The molecule has 1 rings (SSSR count). The van der Waals surface area contributed by atoms with E-state index >= 15 is 0 Å². The molecule has 1 saturated carbocycles. The lowest BCUT2D eigenvalue weighted by molar-refractivity contribution is 0.218. The fourth-order valence-corrected chi connectivity index (χ4v) is 3.81. The third kappa shape index (κ3) is 4.87. The van der Waals surface area contributed by atoms with Crippen molar-refractivity contribution < 1.29 is 4.74 Å². The lowest BCUT2D eigenvalue weighted by atomic mass is 9.82. The zero-order valence-corrected chi connectivity index (χ0v) is 12.0. The summed E-state index contributed by atoms with van der Waals surface area (Å²) in [7, 11) is 1.74. The van der Waals surface area contributed by atoms with Crippen molar-refractivity contribution in [1.82, 2.24) is 5.32 Å². The summed E-state index contributed by atoms with van der Waals surface area (Å²) in [6.07, 6.45) is 4.34. The second-order valence-electron chi connectivity index (χ2n) is 5.07. The maximum atomic E-state index is 9.43. The molecule has 4 heteroatoms. The first-order valence-corrected chi connectivity index (χ1v) is 7.46. The Hall–Kier alpha value is -0.240. The first kappa shape index (κ1) is 14.8. The summed E-state index contributed by atoms with van der Waals surface area (Å²) >= 11 is 1.95. The molecule has 0 aromatic rings. The molecule has 17 heavy (non-hydrogen) atoms. The molecule has 2 unspecified atom stereocenters. The van der Waals surface area contributed by atoms with Crippen LogP contribution in [-0.2, 0) is 4.74 Å². The number of thioether (sulfide) groups is 1. The maximum Gasteiger partial charge on any atom is 0.108 e. The SMILES string of the molecule is COCCSC1CCCC(C#N)(NC(C)C)C1. The Morgan fingerprint density at radius 2 is 2.35 bits per heavy atom. The van der Waals surface area contributed by atoms with Crippen LogP contribution < -0.4 is 5.32 Å². The van der Waals surface area contributed by atoms with E-state index in [1.807, 2.05) is 11.8 Å². The van der Waals surface area contributed by atoms with E-state index in [4.69, 9.17) is 4.74 Å². The van der Waals surface area contributed by atoms with E-state index in [0.29, 0.717) is 11.3 Å². The average molecular weight is 256 g/mol. The molecule has 1 N–H and O–H groups in total. The smallest absolute Gasteiger partial charge is 0.108 e. The van der Waals surface area contributed by atoms with Crippen molar-refractivity contribution in [1.29, 1.82) is 5.26 Å². The van der Waals surface area contributed by atoms with Gasteiger partial charge in [-0.05, 0) is 39.5 Å². The minimum atomic E-state index is -0.294. The van der Waals surface area contributed by atoms with Crippen LogP contribution in [0.3, 0.4) is 0 Å². The zero-order chi connectivity index (χ0) is 12.7. The second-order valence-corrected chi connectivity index (χ2v) is 6.48. The minimum absolute atomic E-state index is 0.294. The third-order valence-corrected chi connectivity index (χ3v) is 4.40. The molecule has 0 aromatic heterocycles. The first-order valence-electron chi connectivity index (χ1n) is 6.41. The van der Waals surface area contributed by atoms with Crippen molar-refractivity contribution in [2.75, 3.05) is 19.5 Å². The summed E-state index contributed by atoms with van der Waals surface area (Å²) in [6.45, 7) is 5.03. The van der Waals surface area contributed by atoms with Gasteiger partial charge in [-0.3, -0.25) is 5.32 Å². The summed E-state index contributed by atoms with van der Waals surface area (Å²) in [6, 6.07) is 2.89.